The second-order valence-corrected chi connectivity index (χ2v) is 7.67. The number of ether oxygens (including phenoxy) is 1. The Balaban J connectivity index is 1.56. The quantitative estimate of drug-likeness (QED) is 0.440. The van der Waals surface area contributed by atoms with Gasteiger partial charge in [0.05, 0.1) is 11.2 Å². The van der Waals surface area contributed by atoms with E-state index in [9.17, 15) is 5.11 Å². The van der Waals surface area contributed by atoms with Crippen molar-refractivity contribution in [1.29, 1.82) is 0 Å². The maximum atomic E-state index is 10.1. The lowest BCUT2D eigenvalue weighted by Gasteiger charge is -2.15. The third-order valence-corrected chi connectivity index (χ3v) is 5.33. The van der Waals surface area contributed by atoms with E-state index in [0.29, 0.717) is 39.8 Å². The summed E-state index contributed by atoms with van der Waals surface area (Å²) in [6.07, 6.45) is 3.73. The molecule has 1 fully saturated rings. The number of nitrogens with zero attached hydrogens (tertiary/aromatic N) is 5. The first-order chi connectivity index (χ1) is 15.0. The average molecular weight is 415 g/mol. The van der Waals surface area contributed by atoms with Gasteiger partial charge in [0, 0.05) is 17.5 Å². The molecule has 0 saturated heterocycles. The molecule has 0 atom stereocenters. The van der Waals surface area contributed by atoms with Crippen molar-refractivity contribution in [3.05, 3.63) is 53.5 Å². The highest BCUT2D eigenvalue weighted by molar-refractivity contribution is 5.94. The zero-order valence-corrected chi connectivity index (χ0v) is 17.1. The minimum Gasteiger partial charge on any atom is -0.508 e. The van der Waals surface area contributed by atoms with E-state index in [4.69, 9.17) is 10.5 Å². The molecule has 9 nitrogen and oxygen atoms in total. The maximum Gasteiger partial charge on any atom is 0.234 e. The molecule has 3 aromatic heterocycles. The number of rotatable bonds is 5. The van der Waals surface area contributed by atoms with Gasteiger partial charge in [-0.2, -0.15) is 10.1 Å². The molecule has 1 saturated carbocycles. The van der Waals surface area contributed by atoms with Crippen molar-refractivity contribution in [2.75, 3.05) is 11.1 Å². The highest BCUT2D eigenvalue weighted by atomic mass is 16.5. The number of phenolic OH excluding ortho intramolecular Hbond substituents is 1. The van der Waals surface area contributed by atoms with E-state index >= 15 is 0 Å². The van der Waals surface area contributed by atoms with Crippen LogP contribution in [0.5, 0.6) is 17.4 Å². The Kier molecular flexibility index (Phi) is 4.50. The molecular formula is C22H21N7O2. The third kappa shape index (κ3) is 3.65. The van der Waals surface area contributed by atoms with Crippen molar-refractivity contribution in [3.63, 3.8) is 0 Å². The molecule has 5 rings (SSSR count). The predicted octanol–water partition coefficient (Wildman–Crippen LogP) is 4.13. The van der Waals surface area contributed by atoms with Gasteiger partial charge in [-0.1, -0.05) is 6.07 Å². The zero-order chi connectivity index (χ0) is 21.5. The summed E-state index contributed by atoms with van der Waals surface area (Å²) >= 11 is 0. The molecule has 0 bridgehead atoms. The number of nitrogens with two attached hydrogens (primary N) is 1. The summed E-state index contributed by atoms with van der Waals surface area (Å²) in [5.74, 6) is 2.70. The fourth-order valence-electron chi connectivity index (χ4n) is 3.41. The smallest absolute Gasteiger partial charge is 0.234 e. The van der Waals surface area contributed by atoms with Crippen LogP contribution in [0, 0.1) is 13.8 Å². The number of pyridine rings is 1. The summed E-state index contributed by atoms with van der Waals surface area (Å²) in [5.41, 5.74) is 9.13. The molecule has 9 heteroatoms. The normalized spacial score (nSPS) is 13.4. The van der Waals surface area contributed by atoms with Crippen molar-refractivity contribution in [2.24, 2.45) is 0 Å². The van der Waals surface area contributed by atoms with Crippen LogP contribution in [-0.4, -0.2) is 30.3 Å². The number of nitrogens with one attached hydrogen (secondary N) is 1. The molecule has 1 aromatic carbocycles. The second-order valence-electron chi connectivity index (χ2n) is 7.67. The summed E-state index contributed by atoms with van der Waals surface area (Å²) in [6, 6.07) is 9.01. The summed E-state index contributed by atoms with van der Waals surface area (Å²) < 4.78 is 6.14. The van der Waals surface area contributed by atoms with Gasteiger partial charge in [0.1, 0.15) is 34.8 Å². The minimum atomic E-state index is 0.134. The van der Waals surface area contributed by atoms with E-state index in [0.717, 1.165) is 11.3 Å². The zero-order valence-electron chi connectivity index (χ0n) is 17.1. The molecular weight excluding hydrogens is 394 g/mol. The van der Waals surface area contributed by atoms with Crippen molar-refractivity contribution in [2.45, 2.75) is 32.6 Å². The fourth-order valence-corrected chi connectivity index (χ4v) is 3.41. The predicted molar refractivity (Wildman–Crippen MR) is 117 cm³/mol. The van der Waals surface area contributed by atoms with Gasteiger partial charge in [-0.3, -0.25) is 0 Å². The number of benzene rings is 1. The van der Waals surface area contributed by atoms with E-state index in [1.807, 2.05) is 19.1 Å². The molecule has 0 aliphatic heterocycles. The summed E-state index contributed by atoms with van der Waals surface area (Å²) in [4.78, 5) is 13.0. The molecule has 0 spiro atoms. The van der Waals surface area contributed by atoms with Gasteiger partial charge >= 0.3 is 0 Å². The minimum absolute atomic E-state index is 0.134. The molecule has 4 N–H and O–H groups in total. The molecule has 0 amide bonds. The Hall–Kier alpha value is -4.01. The molecule has 0 unspecified atom stereocenters. The molecule has 31 heavy (non-hydrogen) atoms. The summed E-state index contributed by atoms with van der Waals surface area (Å²) in [6.45, 7) is 3.67. The first-order valence-electron chi connectivity index (χ1n) is 9.98. The van der Waals surface area contributed by atoms with E-state index < -0.39 is 0 Å². The van der Waals surface area contributed by atoms with Crippen molar-refractivity contribution < 1.29 is 9.84 Å². The summed E-state index contributed by atoms with van der Waals surface area (Å²) in [7, 11) is 0. The highest BCUT2D eigenvalue weighted by Crippen LogP contribution is 2.39. The molecule has 0 radical (unpaired) electrons. The Morgan fingerprint density at radius 3 is 2.65 bits per heavy atom. The van der Waals surface area contributed by atoms with Crippen molar-refractivity contribution in [3.8, 4) is 17.4 Å². The van der Waals surface area contributed by atoms with E-state index in [-0.39, 0.29) is 17.4 Å². The van der Waals surface area contributed by atoms with Gasteiger partial charge in [0.2, 0.25) is 5.88 Å². The molecule has 3 heterocycles. The van der Waals surface area contributed by atoms with Crippen molar-refractivity contribution in [1.82, 2.24) is 25.1 Å². The lowest BCUT2D eigenvalue weighted by Crippen LogP contribution is -2.03. The number of anilines is 3. The van der Waals surface area contributed by atoms with Crippen LogP contribution < -0.4 is 15.8 Å². The lowest BCUT2D eigenvalue weighted by atomic mass is 10.1. The van der Waals surface area contributed by atoms with E-state index in [2.05, 4.69) is 30.5 Å². The van der Waals surface area contributed by atoms with Crippen LogP contribution in [0.25, 0.3) is 10.9 Å². The SMILES string of the molecule is Cc1ccc(O)c(C)c1Oc1nc(Nc2ccc(C3CC3)nn2)cc2ncnc(N)c12. The van der Waals surface area contributed by atoms with Crippen molar-refractivity contribution >= 4 is 28.4 Å². The van der Waals surface area contributed by atoms with E-state index in [1.54, 1.807) is 25.1 Å². The third-order valence-electron chi connectivity index (χ3n) is 5.33. The van der Waals surface area contributed by atoms with Crippen LogP contribution in [0.2, 0.25) is 0 Å². The van der Waals surface area contributed by atoms with Gasteiger partial charge in [-0.05, 0) is 50.5 Å². The number of phenols is 1. The highest BCUT2D eigenvalue weighted by Gasteiger charge is 2.25. The van der Waals surface area contributed by atoms with Crippen LogP contribution in [0.3, 0.4) is 0 Å². The van der Waals surface area contributed by atoms with Gasteiger partial charge in [-0.25, -0.2) is 9.97 Å². The molecule has 1 aliphatic rings. The molecule has 156 valence electrons. The largest absolute Gasteiger partial charge is 0.508 e. The van der Waals surface area contributed by atoms with Crippen LogP contribution in [0.4, 0.5) is 17.5 Å². The second kappa shape index (κ2) is 7.35. The number of hydrogen-bond donors (Lipinski definition) is 3. The fraction of sp³-hybridized carbons (Fsp3) is 0.227. The van der Waals surface area contributed by atoms with Gasteiger partial charge < -0.3 is 20.9 Å². The topological polar surface area (TPSA) is 132 Å². The Morgan fingerprint density at radius 1 is 1.06 bits per heavy atom. The van der Waals surface area contributed by atoms with Crippen LogP contribution in [-0.2, 0) is 0 Å². The van der Waals surface area contributed by atoms with Gasteiger partial charge in [0.15, 0.2) is 5.82 Å². The van der Waals surface area contributed by atoms with Gasteiger partial charge in [0.25, 0.3) is 0 Å². The molecule has 4 aromatic rings. The van der Waals surface area contributed by atoms with Crippen LogP contribution in [0.15, 0.2) is 36.7 Å². The van der Waals surface area contributed by atoms with Crippen LogP contribution >= 0.6 is 0 Å². The standard InChI is InChI=1S/C22H21N7O2/c1-11-3-7-16(30)12(2)20(11)31-22-19-15(24-10-25-21(19)23)9-18(27-22)26-17-8-6-14(28-29-17)13-4-5-13/h3,6-10,13,30H,4-5H2,1-2H3,(H2,23,24,25)(H,26,27,29). The number of fused-ring (bicyclic) bond motifs is 1. The Morgan fingerprint density at radius 2 is 1.90 bits per heavy atom. The average Bonchev–Trinajstić information content (AvgIpc) is 3.60. The first kappa shape index (κ1) is 19.0. The van der Waals surface area contributed by atoms with Crippen LogP contribution in [0.1, 0.15) is 35.6 Å². The Labute approximate surface area is 178 Å². The maximum absolute atomic E-state index is 10.1. The number of aromatic nitrogens is 5. The number of aromatic hydroxyl groups is 1. The monoisotopic (exact) mass is 415 g/mol. The number of aryl methyl sites for hydroxylation is 1. The van der Waals surface area contributed by atoms with Gasteiger partial charge in [-0.15, -0.1) is 5.10 Å². The Bertz CT molecular complexity index is 1290. The summed E-state index contributed by atoms with van der Waals surface area (Å²) in [5, 5.41) is 22.3. The number of hydrogen-bond acceptors (Lipinski definition) is 9. The number of nitrogen functional groups attached to an aromatic ring is 1. The van der Waals surface area contributed by atoms with E-state index in [1.165, 1.54) is 19.2 Å². The molecule has 1 aliphatic carbocycles. The first-order valence-corrected chi connectivity index (χ1v) is 9.98. The lowest BCUT2D eigenvalue weighted by molar-refractivity contribution is 0.440.